The summed E-state index contributed by atoms with van der Waals surface area (Å²) in [4.78, 5) is 7.91. The predicted molar refractivity (Wildman–Crippen MR) is 73.1 cm³/mol. The van der Waals surface area contributed by atoms with Crippen LogP contribution in [0, 0.1) is 17.8 Å². The zero-order valence-electron chi connectivity index (χ0n) is 10.9. The Morgan fingerprint density at radius 1 is 1.29 bits per heavy atom. The van der Waals surface area contributed by atoms with Gasteiger partial charge in [-0.3, -0.25) is 0 Å². The van der Waals surface area contributed by atoms with E-state index in [-0.39, 0.29) is 5.28 Å². The lowest BCUT2D eigenvalue weighted by molar-refractivity contribution is 0.304. The molecule has 0 radical (unpaired) electrons. The van der Waals surface area contributed by atoms with Crippen molar-refractivity contribution in [3.63, 3.8) is 0 Å². The third-order valence-corrected chi connectivity index (χ3v) is 3.19. The molecular weight excluding hydrogens is 236 g/mol. The summed E-state index contributed by atoms with van der Waals surface area (Å²) >= 11 is 5.74. The molecule has 0 saturated carbocycles. The molecule has 1 aromatic rings. The molecule has 0 amide bonds. The van der Waals surface area contributed by atoms with E-state index in [2.05, 4.69) is 43.0 Å². The number of rotatable bonds is 5. The summed E-state index contributed by atoms with van der Waals surface area (Å²) in [6.45, 7) is 9.74. The first-order valence-corrected chi connectivity index (χ1v) is 6.31. The summed E-state index contributed by atoms with van der Waals surface area (Å²) < 4.78 is 0. The third-order valence-electron chi connectivity index (χ3n) is 3.01. The van der Waals surface area contributed by atoms with E-state index in [0.29, 0.717) is 29.3 Å². The summed E-state index contributed by atoms with van der Waals surface area (Å²) in [7, 11) is 0. The van der Waals surface area contributed by atoms with E-state index in [1.807, 2.05) is 0 Å². The lowest BCUT2D eigenvalue weighted by atomic mass is 9.85. The number of nitrogen functional groups attached to an aromatic ring is 1. The average molecular weight is 257 g/mol. The van der Waals surface area contributed by atoms with Gasteiger partial charge in [0.25, 0.3) is 0 Å². The molecule has 1 rings (SSSR count). The fourth-order valence-electron chi connectivity index (χ4n) is 1.97. The van der Waals surface area contributed by atoms with Crippen LogP contribution in [0.25, 0.3) is 0 Å². The van der Waals surface area contributed by atoms with Crippen LogP contribution in [0.2, 0.25) is 5.28 Å². The van der Waals surface area contributed by atoms with E-state index in [1.165, 1.54) is 6.20 Å². The Kier molecular flexibility index (Phi) is 5.00. The van der Waals surface area contributed by atoms with Gasteiger partial charge in [0.2, 0.25) is 5.28 Å². The molecule has 0 saturated heterocycles. The second-order valence-corrected chi connectivity index (χ2v) is 5.31. The Hall–Kier alpha value is -1.03. The molecule has 0 unspecified atom stereocenters. The minimum Gasteiger partial charge on any atom is -0.394 e. The fourth-order valence-corrected chi connectivity index (χ4v) is 2.10. The molecule has 4 nitrogen and oxygen atoms in total. The Morgan fingerprint density at radius 2 is 1.88 bits per heavy atom. The molecule has 1 heterocycles. The van der Waals surface area contributed by atoms with E-state index in [0.717, 1.165) is 6.54 Å². The summed E-state index contributed by atoms with van der Waals surface area (Å²) in [5, 5.41) is 3.47. The van der Waals surface area contributed by atoms with Crippen LogP contribution in [0.5, 0.6) is 0 Å². The molecule has 0 aromatic carbocycles. The molecule has 0 spiro atoms. The molecular formula is C12H21ClN4. The van der Waals surface area contributed by atoms with Crippen molar-refractivity contribution in [1.82, 2.24) is 9.97 Å². The van der Waals surface area contributed by atoms with Crippen molar-refractivity contribution in [2.75, 3.05) is 17.6 Å². The normalized spacial score (nSPS) is 11.5. The number of hydrogen-bond acceptors (Lipinski definition) is 4. The average Bonchev–Trinajstić information content (AvgIpc) is 2.22. The van der Waals surface area contributed by atoms with E-state index in [9.17, 15) is 0 Å². The smallest absolute Gasteiger partial charge is 0.224 e. The largest absolute Gasteiger partial charge is 0.394 e. The Balaban J connectivity index is 2.68. The van der Waals surface area contributed by atoms with Crippen molar-refractivity contribution in [1.29, 1.82) is 0 Å². The van der Waals surface area contributed by atoms with Crippen LogP contribution in [0.1, 0.15) is 27.7 Å². The Morgan fingerprint density at radius 3 is 2.41 bits per heavy atom. The second kappa shape index (κ2) is 6.05. The zero-order valence-corrected chi connectivity index (χ0v) is 11.6. The van der Waals surface area contributed by atoms with Crippen LogP contribution in [0.3, 0.4) is 0 Å². The molecule has 0 aliphatic rings. The lowest BCUT2D eigenvalue weighted by Crippen LogP contribution is -2.25. The van der Waals surface area contributed by atoms with E-state index in [1.54, 1.807) is 0 Å². The van der Waals surface area contributed by atoms with Crippen molar-refractivity contribution < 1.29 is 0 Å². The number of nitrogens with two attached hydrogens (primary N) is 1. The molecule has 0 bridgehead atoms. The molecule has 0 aliphatic carbocycles. The van der Waals surface area contributed by atoms with Crippen molar-refractivity contribution in [2.24, 2.45) is 17.8 Å². The molecule has 1 aromatic heterocycles. The maximum atomic E-state index is 5.78. The second-order valence-electron chi connectivity index (χ2n) is 4.98. The van der Waals surface area contributed by atoms with Crippen LogP contribution in [-0.2, 0) is 0 Å². The summed E-state index contributed by atoms with van der Waals surface area (Å²) in [5.74, 6) is 2.42. The van der Waals surface area contributed by atoms with Crippen LogP contribution >= 0.6 is 11.6 Å². The zero-order chi connectivity index (χ0) is 13.0. The number of nitrogens with one attached hydrogen (secondary N) is 1. The van der Waals surface area contributed by atoms with Gasteiger partial charge in [-0.1, -0.05) is 27.7 Å². The first kappa shape index (κ1) is 14.0. The number of hydrogen-bond donors (Lipinski definition) is 2. The molecule has 3 N–H and O–H groups in total. The van der Waals surface area contributed by atoms with E-state index in [4.69, 9.17) is 17.3 Å². The van der Waals surface area contributed by atoms with Crippen molar-refractivity contribution in [3.8, 4) is 0 Å². The monoisotopic (exact) mass is 256 g/mol. The third kappa shape index (κ3) is 4.04. The molecule has 0 atom stereocenters. The minimum absolute atomic E-state index is 0.215. The lowest BCUT2D eigenvalue weighted by Gasteiger charge is -2.25. The van der Waals surface area contributed by atoms with Gasteiger partial charge in [0, 0.05) is 6.54 Å². The van der Waals surface area contributed by atoms with Crippen LogP contribution < -0.4 is 11.1 Å². The predicted octanol–water partition coefficient (Wildman–Crippen LogP) is 3.05. The summed E-state index contributed by atoms with van der Waals surface area (Å²) in [5.41, 5.74) is 6.31. The summed E-state index contributed by atoms with van der Waals surface area (Å²) in [6.07, 6.45) is 1.53. The van der Waals surface area contributed by atoms with Crippen LogP contribution in [0.15, 0.2) is 6.20 Å². The number of aromatic nitrogens is 2. The molecule has 96 valence electrons. The van der Waals surface area contributed by atoms with Gasteiger partial charge in [-0.15, -0.1) is 0 Å². The molecule has 17 heavy (non-hydrogen) atoms. The standard InChI is InChI=1S/C12H21ClN4/c1-7(2)9(8(3)4)5-15-11-10(14)6-16-12(13)17-11/h6-9H,5,14H2,1-4H3,(H,15,16,17). The van der Waals surface area contributed by atoms with Gasteiger partial charge in [0.15, 0.2) is 5.82 Å². The maximum absolute atomic E-state index is 5.78. The van der Waals surface area contributed by atoms with Crippen molar-refractivity contribution in [2.45, 2.75) is 27.7 Å². The first-order chi connectivity index (χ1) is 7.91. The first-order valence-electron chi connectivity index (χ1n) is 5.93. The van der Waals surface area contributed by atoms with E-state index >= 15 is 0 Å². The number of nitrogens with zero attached hydrogens (tertiary/aromatic N) is 2. The molecule has 0 aliphatic heterocycles. The van der Waals surface area contributed by atoms with Gasteiger partial charge < -0.3 is 11.1 Å². The van der Waals surface area contributed by atoms with Gasteiger partial charge in [0.05, 0.1) is 11.9 Å². The van der Waals surface area contributed by atoms with Gasteiger partial charge in [-0.2, -0.15) is 4.98 Å². The number of anilines is 2. The minimum atomic E-state index is 0.215. The highest BCUT2D eigenvalue weighted by Gasteiger charge is 2.17. The number of halogens is 1. The molecule has 0 fully saturated rings. The summed E-state index contributed by atoms with van der Waals surface area (Å²) in [6, 6.07) is 0. The van der Waals surface area contributed by atoms with Gasteiger partial charge >= 0.3 is 0 Å². The SMILES string of the molecule is CC(C)C(CNc1nc(Cl)ncc1N)C(C)C. The van der Waals surface area contributed by atoms with Crippen molar-refractivity contribution in [3.05, 3.63) is 11.5 Å². The highest BCUT2D eigenvalue weighted by atomic mass is 35.5. The highest BCUT2D eigenvalue weighted by Crippen LogP contribution is 2.22. The Labute approximate surface area is 108 Å². The molecule has 5 heteroatoms. The van der Waals surface area contributed by atoms with Crippen LogP contribution in [0.4, 0.5) is 11.5 Å². The topological polar surface area (TPSA) is 63.8 Å². The fraction of sp³-hybridized carbons (Fsp3) is 0.667. The quantitative estimate of drug-likeness (QED) is 0.795. The maximum Gasteiger partial charge on any atom is 0.224 e. The Bertz CT molecular complexity index is 358. The van der Waals surface area contributed by atoms with Gasteiger partial charge in [-0.05, 0) is 29.4 Å². The highest BCUT2D eigenvalue weighted by molar-refractivity contribution is 6.28. The van der Waals surface area contributed by atoms with Gasteiger partial charge in [-0.25, -0.2) is 4.98 Å². The van der Waals surface area contributed by atoms with Crippen molar-refractivity contribution >= 4 is 23.1 Å². The van der Waals surface area contributed by atoms with E-state index < -0.39 is 0 Å². The van der Waals surface area contributed by atoms with Gasteiger partial charge in [0.1, 0.15) is 0 Å². The van der Waals surface area contributed by atoms with Crippen LogP contribution in [-0.4, -0.2) is 16.5 Å².